The van der Waals surface area contributed by atoms with Gasteiger partial charge in [0.1, 0.15) is 5.60 Å². The number of carbonyl (C=O) groups is 1. The second-order valence-electron chi connectivity index (χ2n) is 3.79. The largest absolute Gasteiger partial charge is 0.444 e. The molecule has 0 bridgehead atoms. The molecule has 1 amide bonds. The molecule has 0 aromatic heterocycles. The summed E-state index contributed by atoms with van der Waals surface area (Å²) in [5.41, 5.74) is -0.527. The third-order valence-corrected chi connectivity index (χ3v) is 1.18. The molecule has 0 spiro atoms. The molecule has 0 aliphatic carbocycles. The molecule has 1 atom stereocenters. The highest BCUT2D eigenvalue weighted by atomic mass is 16.6. The highest BCUT2D eigenvalue weighted by Crippen LogP contribution is 2.06. The lowest BCUT2D eigenvalue weighted by atomic mass is 10.2. The summed E-state index contributed by atoms with van der Waals surface area (Å²) in [6, 6.07) is 0. The zero-order chi connectivity index (χ0) is 11.2. The van der Waals surface area contributed by atoms with Crippen molar-refractivity contribution in [1.82, 2.24) is 5.32 Å². The molecule has 14 heavy (non-hydrogen) atoms. The van der Waals surface area contributed by atoms with Crippen LogP contribution in [-0.2, 0) is 9.47 Å². The zero-order valence-corrected chi connectivity index (χ0v) is 9.16. The molecule has 0 unspecified atom stereocenters. The number of carbonyl (C=O) groups excluding carboxylic acids is 1. The van der Waals surface area contributed by atoms with Crippen LogP contribution >= 0.6 is 0 Å². The van der Waals surface area contributed by atoms with Gasteiger partial charge in [-0.1, -0.05) is 0 Å². The average molecular weight is 205 g/mol. The minimum Gasteiger partial charge on any atom is -0.444 e. The van der Waals surface area contributed by atoms with Crippen LogP contribution in [0.2, 0.25) is 0 Å². The monoisotopic (exact) mass is 205 g/mol. The van der Waals surface area contributed by atoms with Crippen molar-refractivity contribution in [1.29, 1.82) is 0 Å². The minimum atomic E-state index is -0.979. The molecule has 0 rings (SSSR count). The Kier molecular flexibility index (Phi) is 5.49. The molecule has 5 heteroatoms. The van der Waals surface area contributed by atoms with Crippen molar-refractivity contribution >= 4 is 6.09 Å². The molecule has 5 nitrogen and oxygen atoms in total. The van der Waals surface area contributed by atoms with Crippen LogP contribution in [0.1, 0.15) is 27.7 Å². The van der Waals surface area contributed by atoms with E-state index in [0.717, 1.165) is 0 Å². The molecule has 84 valence electrons. The van der Waals surface area contributed by atoms with Gasteiger partial charge >= 0.3 is 6.09 Å². The fraction of sp³-hybridized carbons (Fsp3) is 0.889. The van der Waals surface area contributed by atoms with E-state index < -0.39 is 18.0 Å². The van der Waals surface area contributed by atoms with Crippen molar-refractivity contribution in [2.24, 2.45) is 0 Å². The molecule has 0 aliphatic rings. The summed E-state index contributed by atoms with van der Waals surface area (Å²) >= 11 is 0. The number of aliphatic hydroxyl groups is 1. The smallest absolute Gasteiger partial charge is 0.407 e. The molecule has 2 N–H and O–H groups in total. The van der Waals surface area contributed by atoms with Crippen LogP contribution in [0.25, 0.3) is 0 Å². The van der Waals surface area contributed by atoms with Gasteiger partial charge in [0.25, 0.3) is 0 Å². The van der Waals surface area contributed by atoms with Crippen LogP contribution in [-0.4, -0.2) is 36.2 Å². The third kappa shape index (κ3) is 7.82. The van der Waals surface area contributed by atoms with E-state index in [1.807, 2.05) is 0 Å². The van der Waals surface area contributed by atoms with Gasteiger partial charge in [-0.25, -0.2) is 4.79 Å². The Morgan fingerprint density at radius 2 is 2.07 bits per heavy atom. The van der Waals surface area contributed by atoms with Gasteiger partial charge in [-0.15, -0.1) is 0 Å². The summed E-state index contributed by atoms with van der Waals surface area (Å²) in [6.07, 6.45) is -1.54. The van der Waals surface area contributed by atoms with Crippen molar-refractivity contribution in [3.05, 3.63) is 0 Å². The Balaban J connectivity index is 3.64. The van der Waals surface area contributed by atoms with E-state index in [4.69, 9.17) is 14.6 Å². The molecule has 0 saturated carbocycles. The van der Waals surface area contributed by atoms with Gasteiger partial charge in [-0.3, -0.25) is 0 Å². The summed E-state index contributed by atoms with van der Waals surface area (Å²) in [7, 11) is 0. The molecule has 0 saturated heterocycles. The van der Waals surface area contributed by atoms with Crippen LogP contribution in [0.3, 0.4) is 0 Å². The molecular formula is C9H19NO4. The lowest BCUT2D eigenvalue weighted by Crippen LogP contribution is -2.37. The molecule has 0 aromatic carbocycles. The Morgan fingerprint density at radius 3 is 2.50 bits per heavy atom. The number of hydrogen-bond donors (Lipinski definition) is 2. The summed E-state index contributed by atoms with van der Waals surface area (Å²) in [5.74, 6) is 0. The lowest BCUT2D eigenvalue weighted by molar-refractivity contribution is -0.0915. The average Bonchev–Trinajstić information content (AvgIpc) is 1.98. The van der Waals surface area contributed by atoms with Gasteiger partial charge < -0.3 is 19.9 Å². The van der Waals surface area contributed by atoms with Gasteiger partial charge in [-0.05, 0) is 27.7 Å². The van der Waals surface area contributed by atoms with Crippen LogP contribution in [0, 0.1) is 0 Å². The second kappa shape index (κ2) is 5.82. The molecular weight excluding hydrogens is 186 g/mol. The first-order valence-electron chi connectivity index (χ1n) is 4.61. The SMILES string of the molecule is CCO[C@H](O)CNC(=O)OC(C)(C)C. The highest BCUT2D eigenvalue weighted by Gasteiger charge is 2.16. The quantitative estimate of drug-likeness (QED) is 0.668. The summed E-state index contributed by atoms with van der Waals surface area (Å²) in [4.78, 5) is 11.1. The number of rotatable bonds is 4. The number of amides is 1. The number of nitrogens with one attached hydrogen (secondary N) is 1. The van der Waals surface area contributed by atoms with Gasteiger partial charge in [0, 0.05) is 6.61 Å². The van der Waals surface area contributed by atoms with Crippen molar-refractivity contribution in [2.75, 3.05) is 13.2 Å². The van der Waals surface area contributed by atoms with Crippen LogP contribution in [0.5, 0.6) is 0 Å². The first-order chi connectivity index (χ1) is 6.35. The Labute approximate surface area is 84.4 Å². The van der Waals surface area contributed by atoms with Crippen molar-refractivity contribution in [2.45, 2.75) is 39.6 Å². The third-order valence-electron chi connectivity index (χ3n) is 1.18. The van der Waals surface area contributed by atoms with E-state index in [-0.39, 0.29) is 6.54 Å². The standard InChI is InChI=1S/C9H19NO4/c1-5-13-7(11)6-10-8(12)14-9(2,3)4/h7,11H,5-6H2,1-4H3,(H,10,12)/t7-/m0/s1. The highest BCUT2D eigenvalue weighted by molar-refractivity contribution is 5.67. The normalized spacial score (nSPS) is 13.5. The predicted molar refractivity (Wildman–Crippen MR) is 51.9 cm³/mol. The van der Waals surface area contributed by atoms with E-state index >= 15 is 0 Å². The maximum absolute atomic E-state index is 11.1. The maximum atomic E-state index is 11.1. The first kappa shape index (κ1) is 13.2. The van der Waals surface area contributed by atoms with Gasteiger partial charge in [0.05, 0.1) is 6.54 Å². The molecule has 0 heterocycles. The molecule has 0 fully saturated rings. The van der Waals surface area contributed by atoms with Crippen molar-refractivity contribution in [3.63, 3.8) is 0 Å². The van der Waals surface area contributed by atoms with E-state index in [2.05, 4.69) is 5.32 Å². The topological polar surface area (TPSA) is 67.8 Å². The Morgan fingerprint density at radius 1 is 1.50 bits per heavy atom. The van der Waals surface area contributed by atoms with Crippen molar-refractivity contribution in [3.8, 4) is 0 Å². The van der Waals surface area contributed by atoms with E-state index in [1.165, 1.54) is 0 Å². The number of aliphatic hydroxyl groups excluding tert-OH is 1. The predicted octanol–water partition coefficient (Wildman–Crippen LogP) is 0.866. The van der Waals surface area contributed by atoms with Gasteiger partial charge in [-0.2, -0.15) is 0 Å². The molecule has 0 radical (unpaired) electrons. The Hall–Kier alpha value is -0.810. The zero-order valence-electron chi connectivity index (χ0n) is 9.16. The fourth-order valence-corrected chi connectivity index (χ4v) is 0.736. The molecule has 0 aromatic rings. The fourth-order valence-electron chi connectivity index (χ4n) is 0.736. The minimum absolute atomic E-state index is 0.0305. The van der Waals surface area contributed by atoms with Gasteiger partial charge in [0.15, 0.2) is 6.29 Å². The van der Waals surface area contributed by atoms with E-state index in [9.17, 15) is 4.79 Å². The number of hydrogen-bond acceptors (Lipinski definition) is 4. The summed E-state index contributed by atoms with van der Waals surface area (Å²) < 4.78 is 9.76. The van der Waals surface area contributed by atoms with E-state index in [1.54, 1.807) is 27.7 Å². The second-order valence-corrected chi connectivity index (χ2v) is 3.79. The van der Waals surface area contributed by atoms with Crippen molar-refractivity contribution < 1.29 is 19.4 Å². The number of ether oxygens (including phenoxy) is 2. The maximum Gasteiger partial charge on any atom is 0.407 e. The summed E-state index contributed by atoms with van der Waals surface area (Å²) in [5, 5.41) is 11.5. The summed E-state index contributed by atoms with van der Waals surface area (Å²) in [6.45, 7) is 7.50. The van der Waals surface area contributed by atoms with E-state index in [0.29, 0.717) is 6.61 Å². The van der Waals surface area contributed by atoms with Gasteiger partial charge in [0.2, 0.25) is 0 Å². The van der Waals surface area contributed by atoms with Crippen LogP contribution in [0.4, 0.5) is 4.79 Å². The number of alkyl carbamates (subject to hydrolysis) is 1. The molecule has 0 aliphatic heterocycles. The lowest BCUT2D eigenvalue weighted by Gasteiger charge is -2.20. The Bertz CT molecular complexity index is 176. The van der Waals surface area contributed by atoms with Crippen LogP contribution < -0.4 is 5.32 Å². The first-order valence-corrected chi connectivity index (χ1v) is 4.61. The van der Waals surface area contributed by atoms with Crippen LogP contribution in [0.15, 0.2) is 0 Å².